The Morgan fingerprint density at radius 2 is 1.97 bits per heavy atom. The Bertz CT molecular complexity index is 1330. The first kappa shape index (κ1) is 23.1. The first-order valence-electron chi connectivity index (χ1n) is 12.5. The molecule has 1 saturated heterocycles. The summed E-state index contributed by atoms with van der Waals surface area (Å²) in [6, 6.07) is 8.56. The molecule has 7 heteroatoms. The third kappa shape index (κ3) is 4.55. The Morgan fingerprint density at radius 3 is 2.77 bits per heavy atom. The summed E-state index contributed by atoms with van der Waals surface area (Å²) in [6.07, 6.45) is 10.5. The largest absolute Gasteiger partial charge is 0.361 e. The van der Waals surface area contributed by atoms with Crippen LogP contribution in [-0.4, -0.2) is 44.8 Å². The highest BCUT2D eigenvalue weighted by Gasteiger charge is 2.39. The number of hydrogen-bond acceptors (Lipinski definition) is 3. The number of rotatable bonds is 8. The summed E-state index contributed by atoms with van der Waals surface area (Å²) in [7, 11) is 0. The van der Waals surface area contributed by atoms with E-state index in [-0.39, 0.29) is 18.2 Å². The number of imide groups is 1. The smallest absolute Gasteiger partial charge is 0.325 e. The standard InChI is InChI=1S/C28H32N4O3/c1-18-14-23(19(2)31(18)13-12-20-8-4-3-5-9-20)26(33)17-32-27(34)25(30-28(32)35)15-21-16-29-24-11-7-6-10-22(21)24/h6-8,10-11,14,16,25,29H,3-5,9,12-13,15,17H2,1-2H3,(H,30,35)/t25-/m1/s1. The van der Waals surface area contributed by atoms with Crippen LogP contribution < -0.4 is 5.32 Å². The fourth-order valence-electron chi connectivity index (χ4n) is 5.43. The average Bonchev–Trinajstić information content (AvgIpc) is 3.48. The fraction of sp³-hybridized carbons (Fsp3) is 0.393. The Balaban J connectivity index is 1.26. The molecule has 3 heterocycles. The van der Waals surface area contributed by atoms with Gasteiger partial charge in [-0.15, -0.1) is 0 Å². The molecule has 0 spiro atoms. The summed E-state index contributed by atoms with van der Waals surface area (Å²) >= 11 is 0. The molecule has 1 aliphatic carbocycles. The molecule has 2 aromatic heterocycles. The zero-order chi connectivity index (χ0) is 24.5. The van der Waals surface area contributed by atoms with E-state index >= 15 is 0 Å². The quantitative estimate of drug-likeness (QED) is 0.280. The lowest BCUT2D eigenvalue weighted by atomic mass is 9.97. The van der Waals surface area contributed by atoms with Crippen LogP contribution in [0, 0.1) is 13.8 Å². The van der Waals surface area contributed by atoms with Crippen LogP contribution in [-0.2, 0) is 17.8 Å². The first-order valence-corrected chi connectivity index (χ1v) is 12.5. The van der Waals surface area contributed by atoms with Crippen LogP contribution in [0.4, 0.5) is 4.79 Å². The van der Waals surface area contributed by atoms with Crippen LogP contribution in [0.25, 0.3) is 10.9 Å². The molecule has 1 aromatic carbocycles. The van der Waals surface area contributed by atoms with Gasteiger partial charge in [-0.2, -0.15) is 0 Å². The number of aromatic amines is 1. The highest BCUT2D eigenvalue weighted by molar-refractivity contribution is 6.09. The van der Waals surface area contributed by atoms with E-state index in [1.54, 1.807) is 0 Å². The molecule has 35 heavy (non-hydrogen) atoms. The van der Waals surface area contributed by atoms with Gasteiger partial charge in [0.05, 0.1) is 6.54 Å². The third-order valence-corrected chi connectivity index (χ3v) is 7.42. The maximum Gasteiger partial charge on any atom is 0.325 e. The van der Waals surface area contributed by atoms with Gasteiger partial charge in [-0.25, -0.2) is 4.79 Å². The number of hydrogen-bond donors (Lipinski definition) is 2. The predicted molar refractivity (Wildman–Crippen MR) is 135 cm³/mol. The molecule has 2 aliphatic rings. The summed E-state index contributed by atoms with van der Waals surface area (Å²) in [5.41, 5.74) is 5.95. The number of benzene rings is 1. The first-order chi connectivity index (χ1) is 16.9. The van der Waals surface area contributed by atoms with Gasteiger partial charge in [-0.3, -0.25) is 14.5 Å². The topological polar surface area (TPSA) is 87.2 Å². The normalized spacial score (nSPS) is 18.3. The Hall–Kier alpha value is -3.61. The van der Waals surface area contributed by atoms with Crippen molar-refractivity contribution in [1.82, 2.24) is 19.8 Å². The van der Waals surface area contributed by atoms with Gasteiger partial charge in [0.1, 0.15) is 6.04 Å². The molecule has 182 valence electrons. The van der Waals surface area contributed by atoms with Gasteiger partial charge in [0.15, 0.2) is 5.78 Å². The number of para-hydroxylation sites is 1. The number of Topliss-reactive ketones (excluding diaryl/α,β-unsaturated/α-hetero) is 1. The van der Waals surface area contributed by atoms with E-state index < -0.39 is 12.1 Å². The second kappa shape index (κ2) is 9.56. The Kier molecular flexibility index (Phi) is 6.32. The van der Waals surface area contributed by atoms with E-state index in [1.807, 2.05) is 50.4 Å². The van der Waals surface area contributed by atoms with Crippen molar-refractivity contribution in [3.05, 3.63) is 70.7 Å². The van der Waals surface area contributed by atoms with E-state index in [1.165, 1.54) is 18.4 Å². The van der Waals surface area contributed by atoms with Gasteiger partial charge in [-0.1, -0.05) is 29.8 Å². The molecule has 5 rings (SSSR count). The van der Waals surface area contributed by atoms with Gasteiger partial charge in [0.25, 0.3) is 5.91 Å². The van der Waals surface area contributed by atoms with Crippen LogP contribution >= 0.6 is 0 Å². The van der Waals surface area contributed by atoms with Crippen molar-refractivity contribution in [2.75, 3.05) is 6.54 Å². The second-order valence-corrected chi connectivity index (χ2v) is 9.71. The monoisotopic (exact) mass is 472 g/mol. The number of nitrogens with zero attached hydrogens (tertiary/aromatic N) is 2. The molecule has 3 aromatic rings. The zero-order valence-corrected chi connectivity index (χ0v) is 20.4. The maximum atomic E-state index is 13.2. The van der Waals surface area contributed by atoms with E-state index in [9.17, 15) is 14.4 Å². The summed E-state index contributed by atoms with van der Waals surface area (Å²) in [5.74, 6) is -0.566. The molecule has 0 saturated carbocycles. The molecule has 0 unspecified atom stereocenters. The highest BCUT2D eigenvalue weighted by Crippen LogP contribution is 2.24. The lowest BCUT2D eigenvalue weighted by Gasteiger charge is -2.15. The van der Waals surface area contributed by atoms with Gasteiger partial charge in [-0.05, 0) is 63.6 Å². The number of carbonyl (C=O) groups is 3. The van der Waals surface area contributed by atoms with Crippen molar-refractivity contribution >= 4 is 28.6 Å². The molecule has 7 nitrogen and oxygen atoms in total. The molecule has 1 atom stereocenters. The molecule has 0 bridgehead atoms. The number of fused-ring (bicyclic) bond motifs is 1. The van der Waals surface area contributed by atoms with E-state index in [2.05, 4.69) is 20.9 Å². The SMILES string of the molecule is Cc1cc(C(=O)CN2C(=O)N[C@H](Cc3c[nH]c4ccccc34)C2=O)c(C)n1CCC1=CCCCC1. The number of nitrogens with one attached hydrogen (secondary N) is 2. The van der Waals surface area contributed by atoms with Crippen molar-refractivity contribution in [2.24, 2.45) is 0 Å². The molecule has 2 N–H and O–H groups in total. The third-order valence-electron chi connectivity index (χ3n) is 7.42. The van der Waals surface area contributed by atoms with Crippen LogP contribution in [0.3, 0.4) is 0 Å². The summed E-state index contributed by atoms with van der Waals surface area (Å²) in [6.45, 7) is 4.54. The van der Waals surface area contributed by atoms with Gasteiger partial charge >= 0.3 is 6.03 Å². The Morgan fingerprint density at radius 1 is 1.14 bits per heavy atom. The number of aryl methyl sites for hydroxylation is 1. The van der Waals surface area contributed by atoms with Gasteiger partial charge in [0.2, 0.25) is 0 Å². The van der Waals surface area contributed by atoms with E-state index in [0.717, 1.165) is 58.6 Å². The molecular weight excluding hydrogens is 440 g/mol. The van der Waals surface area contributed by atoms with Crippen LogP contribution in [0.2, 0.25) is 0 Å². The molecule has 0 radical (unpaired) electrons. The average molecular weight is 473 g/mol. The van der Waals surface area contributed by atoms with Gasteiger partial charge in [0, 0.05) is 47.0 Å². The maximum absolute atomic E-state index is 13.2. The van der Waals surface area contributed by atoms with Crippen LogP contribution in [0.1, 0.15) is 59.4 Å². The number of carbonyl (C=O) groups excluding carboxylic acids is 3. The van der Waals surface area contributed by atoms with Crippen LogP contribution in [0.15, 0.2) is 48.2 Å². The van der Waals surface area contributed by atoms with Crippen LogP contribution in [0.5, 0.6) is 0 Å². The number of allylic oxidation sites excluding steroid dienone is 2. The minimum absolute atomic E-state index is 0.211. The molecule has 1 aliphatic heterocycles. The predicted octanol–water partition coefficient (Wildman–Crippen LogP) is 4.82. The van der Waals surface area contributed by atoms with Crippen molar-refractivity contribution in [2.45, 2.75) is 65.0 Å². The van der Waals surface area contributed by atoms with E-state index in [0.29, 0.717) is 12.0 Å². The lowest BCUT2D eigenvalue weighted by molar-refractivity contribution is -0.127. The number of H-pyrrole nitrogens is 1. The molecule has 3 amide bonds. The number of aromatic nitrogens is 2. The number of urea groups is 1. The fourth-order valence-corrected chi connectivity index (χ4v) is 5.43. The van der Waals surface area contributed by atoms with Crippen molar-refractivity contribution in [3.63, 3.8) is 0 Å². The Labute approximate surface area is 205 Å². The minimum atomic E-state index is -0.675. The number of ketones is 1. The summed E-state index contributed by atoms with van der Waals surface area (Å²) < 4.78 is 2.17. The number of amides is 3. The zero-order valence-electron chi connectivity index (χ0n) is 20.4. The van der Waals surface area contributed by atoms with Gasteiger partial charge < -0.3 is 14.9 Å². The lowest BCUT2D eigenvalue weighted by Crippen LogP contribution is -2.36. The van der Waals surface area contributed by atoms with Crippen molar-refractivity contribution in [3.8, 4) is 0 Å². The summed E-state index contributed by atoms with van der Waals surface area (Å²) in [4.78, 5) is 43.1. The minimum Gasteiger partial charge on any atom is -0.361 e. The van der Waals surface area contributed by atoms with Crippen molar-refractivity contribution < 1.29 is 14.4 Å². The molecular formula is C28H32N4O3. The van der Waals surface area contributed by atoms with Crippen molar-refractivity contribution in [1.29, 1.82) is 0 Å². The van der Waals surface area contributed by atoms with E-state index in [4.69, 9.17) is 0 Å². The molecule has 1 fully saturated rings. The summed E-state index contributed by atoms with van der Waals surface area (Å²) in [5, 5.41) is 3.79. The highest BCUT2D eigenvalue weighted by atomic mass is 16.2. The second-order valence-electron chi connectivity index (χ2n) is 9.71.